The van der Waals surface area contributed by atoms with Gasteiger partial charge in [0, 0.05) is 24.5 Å². The number of sulfone groups is 1. The Bertz CT molecular complexity index is 1080. The van der Waals surface area contributed by atoms with Crippen molar-refractivity contribution in [1.82, 2.24) is 19.7 Å². The van der Waals surface area contributed by atoms with Gasteiger partial charge in [-0.3, -0.25) is 4.68 Å². The number of nitrogens with one attached hydrogen (secondary N) is 1. The van der Waals surface area contributed by atoms with Crippen LogP contribution in [0.15, 0.2) is 47.8 Å². The minimum Gasteiger partial charge on any atom is -0.324 e. The normalized spacial score (nSPS) is 12.2. The molecule has 7 nitrogen and oxygen atoms in total. The number of aryl methyl sites for hydroxylation is 1. The van der Waals surface area contributed by atoms with Gasteiger partial charge in [0.2, 0.25) is 5.95 Å². The molecule has 3 rings (SSSR count). The number of nitrogens with zero attached hydrogens (tertiary/aromatic N) is 4. The molecule has 1 aromatic carbocycles. The molecule has 0 atom stereocenters. The van der Waals surface area contributed by atoms with E-state index in [-0.39, 0.29) is 17.3 Å². The van der Waals surface area contributed by atoms with Crippen LogP contribution in [0.5, 0.6) is 0 Å². The van der Waals surface area contributed by atoms with Crippen LogP contribution in [0.25, 0.3) is 11.3 Å². The molecule has 0 amide bonds. The van der Waals surface area contributed by atoms with Crippen LogP contribution in [0.4, 0.5) is 29.2 Å². The van der Waals surface area contributed by atoms with Gasteiger partial charge in [-0.2, -0.15) is 18.3 Å². The van der Waals surface area contributed by atoms with Gasteiger partial charge in [-0.15, -0.1) is 0 Å². The first-order chi connectivity index (χ1) is 12.6. The monoisotopic (exact) mass is 401 g/mol. The molecule has 142 valence electrons. The first-order valence-corrected chi connectivity index (χ1v) is 8.76. The Balaban J connectivity index is 1.86. The standard InChI is InChI=1S/C15H11F4N5O2S/c1-24-8-9(6-21-24)13-12(16)7-20-14(23-13)22-10-2-4-11(5-3-10)27(25,26)15(17,18)19/h2-8H,1H3,(H,20,22,23). The second-order valence-electron chi connectivity index (χ2n) is 5.39. The zero-order valence-corrected chi connectivity index (χ0v) is 14.4. The van der Waals surface area contributed by atoms with Crippen LogP contribution in [0.3, 0.4) is 0 Å². The van der Waals surface area contributed by atoms with Gasteiger partial charge in [-0.1, -0.05) is 0 Å². The van der Waals surface area contributed by atoms with E-state index >= 15 is 0 Å². The van der Waals surface area contributed by atoms with Crippen molar-refractivity contribution >= 4 is 21.5 Å². The van der Waals surface area contributed by atoms with E-state index in [1.807, 2.05) is 0 Å². The van der Waals surface area contributed by atoms with Crippen molar-refractivity contribution in [3.05, 3.63) is 48.7 Å². The average Bonchev–Trinajstić information content (AvgIpc) is 3.02. The molecule has 1 N–H and O–H groups in total. The number of anilines is 2. The zero-order chi connectivity index (χ0) is 19.8. The van der Waals surface area contributed by atoms with E-state index in [1.54, 1.807) is 13.2 Å². The maximum absolute atomic E-state index is 13.9. The van der Waals surface area contributed by atoms with Crippen molar-refractivity contribution in [3.63, 3.8) is 0 Å². The molecule has 3 aromatic rings. The van der Waals surface area contributed by atoms with Crippen LogP contribution >= 0.6 is 0 Å². The Kier molecular flexibility index (Phi) is 4.59. The van der Waals surface area contributed by atoms with E-state index in [2.05, 4.69) is 20.4 Å². The maximum Gasteiger partial charge on any atom is 0.501 e. The zero-order valence-electron chi connectivity index (χ0n) is 13.6. The first-order valence-electron chi connectivity index (χ1n) is 7.28. The summed E-state index contributed by atoms with van der Waals surface area (Å²) in [5, 5.41) is 6.59. The van der Waals surface area contributed by atoms with Crippen molar-refractivity contribution in [2.45, 2.75) is 10.4 Å². The van der Waals surface area contributed by atoms with Gasteiger partial charge < -0.3 is 5.32 Å². The molecule has 0 saturated carbocycles. The molecule has 0 bridgehead atoms. The minimum atomic E-state index is -5.43. The SMILES string of the molecule is Cn1cc(-c2nc(Nc3ccc(S(=O)(=O)C(F)(F)F)cc3)ncc2F)cn1. The first kappa shape index (κ1) is 18.8. The lowest BCUT2D eigenvalue weighted by Gasteiger charge is -2.10. The van der Waals surface area contributed by atoms with Gasteiger partial charge in [-0.25, -0.2) is 22.8 Å². The lowest BCUT2D eigenvalue weighted by atomic mass is 10.2. The van der Waals surface area contributed by atoms with E-state index in [0.29, 0.717) is 5.56 Å². The van der Waals surface area contributed by atoms with E-state index in [4.69, 9.17) is 0 Å². The highest BCUT2D eigenvalue weighted by Gasteiger charge is 2.46. The van der Waals surface area contributed by atoms with E-state index in [0.717, 1.165) is 30.5 Å². The van der Waals surface area contributed by atoms with Crippen LogP contribution in [0, 0.1) is 5.82 Å². The quantitative estimate of drug-likeness (QED) is 0.676. The summed E-state index contributed by atoms with van der Waals surface area (Å²) >= 11 is 0. The van der Waals surface area contributed by atoms with Crippen molar-refractivity contribution < 1.29 is 26.0 Å². The second kappa shape index (κ2) is 6.61. The molecule has 2 heterocycles. The predicted octanol–water partition coefficient (Wildman–Crippen LogP) is 3.05. The lowest BCUT2D eigenvalue weighted by molar-refractivity contribution is -0.0436. The molecule has 0 spiro atoms. The highest BCUT2D eigenvalue weighted by Crippen LogP contribution is 2.31. The molecular weight excluding hydrogens is 390 g/mol. The summed E-state index contributed by atoms with van der Waals surface area (Å²) in [4.78, 5) is 6.88. The number of alkyl halides is 3. The molecule has 0 radical (unpaired) electrons. The molecule has 0 saturated heterocycles. The Morgan fingerprint density at radius 2 is 1.78 bits per heavy atom. The number of benzene rings is 1. The number of rotatable bonds is 4. The number of hydrogen-bond acceptors (Lipinski definition) is 6. The minimum absolute atomic E-state index is 0.0168. The summed E-state index contributed by atoms with van der Waals surface area (Å²) in [6, 6.07) is 3.84. The Labute approximate surface area is 150 Å². The van der Waals surface area contributed by atoms with Crippen molar-refractivity contribution in [2.75, 3.05) is 5.32 Å². The number of aromatic nitrogens is 4. The van der Waals surface area contributed by atoms with Gasteiger partial charge in [0.1, 0.15) is 5.69 Å². The molecule has 0 unspecified atom stereocenters. The molecule has 0 aliphatic heterocycles. The summed E-state index contributed by atoms with van der Waals surface area (Å²) in [6.07, 6.45) is 3.89. The van der Waals surface area contributed by atoms with Crippen LogP contribution in [0.2, 0.25) is 0 Å². The van der Waals surface area contributed by atoms with Gasteiger partial charge in [0.05, 0.1) is 17.3 Å². The van der Waals surface area contributed by atoms with Crippen molar-refractivity contribution in [3.8, 4) is 11.3 Å². The largest absolute Gasteiger partial charge is 0.501 e. The molecule has 0 aliphatic rings. The van der Waals surface area contributed by atoms with Crippen LogP contribution in [-0.2, 0) is 16.9 Å². The Morgan fingerprint density at radius 3 is 2.33 bits per heavy atom. The fourth-order valence-corrected chi connectivity index (χ4v) is 2.92. The third-order valence-corrected chi connectivity index (χ3v) is 4.95. The summed E-state index contributed by atoms with van der Waals surface area (Å²) in [6.45, 7) is 0. The Hall–Kier alpha value is -3.02. The van der Waals surface area contributed by atoms with Crippen LogP contribution in [0.1, 0.15) is 0 Å². The topological polar surface area (TPSA) is 89.8 Å². The fourth-order valence-electron chi connectivity index (χ4n) is 2.15. The fraction of sp³-hybridized carbons (Fsp3) is 0.133. The second-order valence-corrected chi connectivity index (χ2v) is 7.33. The molecule has 12 heteroatoms. The van der Waals surface area contributed by atoms with Crippen LogP contribution in [-0.4, -0.2) is 33.7 Å². The van der Waals surface area contributed by atoms with Crippen LogP contribution < -0.4 is 5.32 Å². The van der Waals surface area contributed by atoms with Crippen molar-refractivity contribution in [1.29, 1.82) is 0 Å². The smallest absolute Gasteiger partial charge is 0.324 e. The Morgan fingerprint density at radius 1 is 1.11 bits per heavy atom. The third kappa shape index (κ3) is 3.74. The molecule has 27 heavy (non-hydrogen) atoms. The summed E-state index contributed by atoms with van der Waals surface area (Å²) in [5.41, 5.74) is -4.77. The summed E-state index contributed by atoms with van der Waals surface area (Å²) in [7, 11) is -3.78. The number of halogens is 4. The molecule has 2 aromatic heterocycles. The average molecular weight is 401 g/mol. The lowest BCUT2D eigenvalue weighted by Crippen LogP contribution is -2.23. The van der Waals surface area contributed by atoms with E-state index < -0.39 is 26.1 Å². The summed E-state index contributed by atoms with van der Waals surface area (Å²) in [5.74, 6) is -0.707. The highest BCUT2D eigenvalue weighted by molar-refractivity contribution is 7.92. The third-order valence-electron chi connectivity index (χ3n) is 3.45. The number of hydrogen-bond donors (Lipinski definition) is 1. The molecular formula is C15H11F4N5O2S. The van der Waals surface area contributed by atoms with Gasteiger partial charge >= 0.3 is 5.51 Å². The van der Waals surface area contributed by atoms with Gasteiger partial charge in [0.25, 0.3) is 9.84 Å². The van der Waals surface area contributed by atoms with Gasteiger partial charge in [-0.05, 0) is 24.3 Å². The van der Waals surface area contributed by atoms with Gasteiger partial charge in [0.15, 0.2) is 5.82 Å². The highest BCUT2D eigenvalue weighted by atomic mass is 32.2. The predicted molar refractivity (Wildman–Crippen MR) is 87.2 cm³/mol. The van der Waals surface area contributed by atoms with E-state index in [1.165, 1.54) is 10.9 Å². The van der Waals surface area contributed by atoms with Crippen molar-refractivity contribution in [2.24, 2.45) is 7.05 Å². The maximum atomic E-state index is 13.9. The summed E-state index contributed by atoms with van der Waals surface area (Å²) < 4.78 is 75.7. The molecule has 0 aliphatic carbocycles. The molecule has 0 fully saturated rings. The van der Waals surface area contributed by atoms with E-state index in [9.17, 15) is 26.0 Å².